The topological polar surface area (TPSA) is 56.2 Å². The fraction of sp³-hybridized carbons (Fsp3) is 0.333. The lowest BCUT2D eigenvalue weighted by molar-refractivity contribution is -0.121. The predicted octanol–water partition coefficient (Wildman–Crippen LogP) is 6.53. The van der Waals surface area contributed by atoms with Gasteiger partial charge in [0.2, 0.25) is 5.91 Å². The third-order valence-electron chi connectivity index (χ3n) is 6.68. The van der Waals surface area contributed by atoms with E-state index in [1.807, 2.05) is 30.3 Å². The average Bonchev–Trinajstić information content (AvgIpc) is 3.59. The Balaban J connectivity index is 1.35. The molecule has 5 heteroatoms. The number of carbonyl (C=O) groups excluding carboxylic acids is 1. The van der Waals surface area contributed by atoms with Crippen LogP contribution in [0.5, 0.6) is 5.75 Å². The van der Waals surface area contributed by atoms with Gasteiger partial charge >= 0.3 is 0 Å². The summed E-state index contributed by atoms with van der Waals surface area (Å²) < 4.78 is 8.43. The molecule has 0 bridgehead atoms. The van der Waals surface area contributed by atoms with E-state index in [4.69, 9.17) is 9.72 Å². The van der Waals surface area contributed by atoms with Crippen LogP contribution >= 0.6 is 0 Å². The van der Waals surface area contributed by atoms with Gasteiger partial charge in [-0.05, 0) is 81.3 Å². The number of aryl methyl sites for hydroxylation is 2. The van der Waals surface area contributed by atoms with Crippen LogP contribution in [-0.4, -0.2) is 28.1 Å². The third-order valence-corrected chi connectivity index (χ3v) is 6.68. The fourth-order valence-electron chi connectivity index (χ4n) is 4.37. The van der Waals surface area contributed by atoms with Crippen LogP contribution in [0, 0.1) is 13.8 Å². The number of amides is 1. The number of imidazole rings is 1. The first-order valence-electron chi connectivity index (χ1n) is 12.7. The van der Waals surface area contributed by atoms with Crippen LogP contribution in [-0.2, 0) is 4.79 Å². The van der Waals surface area contributed by atoms with E-state index in [1.54, 1.807) is 0 Å². The van der Waals surface area contributed by atoms with Crippen molar-refractivity contribution in [2.24, 2.45) is 0 Å². The smallest absolute Gasteiger partial charge is 0.220 e. The molecule has 0 radical (unpaired) electrons. The van der Waals surface area contributed by atoms with E-state index >= 15 is 0 Å². The van der Waals surface area contributed by atoms with Gasteiger partial charge in [-0.3, -0.25) is 9.36 Å². The Morgan fingerprint density at radius 3 is 2.57 bits per heavy atom. The number of hydrogen-bond acceptors (Lipinski definition) is 3. The minimum atomic E-state index is 0.184. The lowest BCUT2D eigenvalue weighted by Gasteiger charge is -2.12. The van der Waals surface area contributed by atoms with Crippen molar-refractivity contribution in [3.63, 3.8) is 0 Å². The summed E-state index contributed by atoms with van der Waals surface area (Å²) in [6, 6.07) is 23.4. The fourth-order valence-corrected chi connectivity index (χ4v) is 4.37. The predicted molar refractivity (Wildman–Crippen MR) is 141 cm³/mol. The molecule has 1 aliphatic carbocycles. The lowest BCUT2D eigenvalue weighted by Crippen LogP contribution is -2.24. The first-order chi connectivity index (χ1) is 17.1. The number of fused-ring (bicyclic) bond motifs is 1. The molecule has 1 amide bonds. The molecule has 1 heterocycles. The highest BCUT2D eigenvalue weighted by molar-refractivity contribution is 5.88. The van der Waals surface area contributed by atoms with Gasteiger partial charge < -0.3 is 10.1 Å². The third kappa shape index (κ3) is 5.40. The zero-order valence-corrected chi connectivity index (χ0v) is 20.6. The molecule has 1 fully saturated rings. The molecule has 5 rings (SSSR count). The molecule has 3 aromatic carbocycles. The molecule has 35 heavy (non-hydrogen) atoms. The second-order valence-electron chi connectivity index (χ2n) is 9.53. The number of nitrogens with one attached hydrogen (secondary N) is 1. The zero-order chi connectivity index (χ0) is 24.2. The number of carbonyl (C=O) groups is 1. The molecule has 1 aliphatic rings. The minimum Gasteiger partial charge on any atom is -0.491 e. The molecule has 0 aliphatic heterocycles. The van der Waals surface area contributed by atoms with Gasteiger partial charge in [0.05, 0.1) is 12.1 Å². The van der Waals surface area contributed by atoms with Crippen LogP contribution in [0.2, 0.25) is 0 Å². The number of para-hydroxylation sites is 1. The maximum Gasteiger partial charge on any atom is 0.220 e. The average molecular weight is 468 g/mol. The summed E-state index contributed by atoms with van der Waals surface area (Å²) in [6.45, 7) is 4.89. The van der Waals surface area contributed by atoms with Crippen molar-refractivity contribution in [3.8, 4) is 22.8 Å². The second kappa shape index (κ2) is 10.3. The summed E-state index contributed by atoms with van der Waals surface area (Å²) in [5.41, 5.74) is 6.58. The minimum absolute atomic E-state index is 0.184. The van der Waals surface area contributed by atoms with Crippen molar-refractivity contribution in [1.82, 2.24) is 14.9 Å². The lowest BCUT2D eigenvalue weighted by atomic mass is 10.1. The number of benzene rings is 3. The van der Waals surface area contributed by atoms with Gasteiger partial charge in [0.1, 0.15) is 17.1 Å². The summed E-state index contributed by atoms with van der Waals surface area (Å²) >= 11 is 0. The van der Waals surface area contributed by atoms with E-state index in [2.05, 4.69) is 60.1 Å². The number of ether oxygens (including phenoxy) is 1. The summed E-state index contributed by atoms with van der Waals surface area (Å²) in [5.74, 6) is 1.89. The highest BCUT2D eigenvalue weighted by Gasteiger charge is 2.22. The molecular weight excluding hydrogens is 434 g/mol. The number of hydrogen-bond donors (Lipinski definition) is 1. The molecule has 1 aromatic heterocycles. The molecule has 5 nitrogen and oxygen atoms in total. The van der Waals surface area contributed by atoms with Crippen LogP contribution in [0.4, 0.5) is 0 Å². The van der Waals surface area contributed by atoms with Crippen molar-refractivity contribution in [2.75, 3.05) is 6.61 Å². The number of aromatic nitrogens is 2. The molecular formula is C30H33N3O2. The van der Waals surface area contributed by atoms with Gasteiger partial charge in [0.25, 0.3) is 0 Å². The zero-order valence-electron chi connectivity index (χ0n) is 20.6. The summed E-state index contributed by atoms with van der Waals surface area (Å²) in [5, 5.41) is 3.05. The van der Waals surface area contributed by atoms with Crippen molar-refractivity contribution < 1.29 is 9.53 Å². The Kier molecular flexibility index (Phi) is 6.84. The van der Waals surface area contributed by atoms with Gasteiger partial charge in [-0.2, -0.15) is 0 Å². The number of rotatable bonds is 10. The van der Waals surface area contributed by atoms with Gasteiger partial charge in [-0.15, -0.1) is 0 Å². The Morgan fingerprint density at radius 1 is 0.971 bits per heavy atom. The monoisotopic (exact) mass is 467 g/mol. The molecule has 0 atom stereocenters. The maximum absolute atomic E-state index is 11.8. The van der Waals surface area contributed by atoms with Crippen molar-refractivity contribution in [1.29, 1.82) is 0 Å². The van der Waals surface area contributed by atoms with E-state index < -0.39 is 0 Å². The highest BCUT2D eigenvalue weighted by Crippen LogP contribution is 2.33. The molecule has 1 N–H and O–H groups in total. The van der Waals surface area contributed by atoms with E-state index in [1.165, 1.54) is 11.1 Å². The van der Waals surface area contributed by atoms with Crippen molar-refractivity contribution in [2.45, 2.75) is 58.4 Å². The summed E-state index contributed by atoms with van der Waals surface area (Å²) in [7, 11) is 0. The molecule has 1 saturated carbocycles. The molecule has 180 valence electrons. The van der Waals surface area contributed by atoms with Crippen LogP contribution in [0.1, 0.15) is 49.7 Å². The molecule has 4 aromatic rings. The SMILES string of the molecule is Cc1ccc(-n2c(-c3ccccc3)nc3c(OCCCCCC(=O)NC4CC4)cccc32)cc1C. The van der Waals surface area contributed by atoms with Crippen LogP contribution in [0.3, 0.4) is 0 Å². The second-order valence-corrected chi connectivity index (χ2v) is 9.53. The van der Waals surface area contributed by atoms with Gasteiger partial charge in [0.15, 0.2) is 0 Å². The van der Waals surface area contributed by atoms with Crippen LogP contribution < -0.4 is 10.1 Å². The molecule has 0 spiro atoms. The van der Waals surface area contributed by atoms with Gasteiger partial charge in [-0.25, -0.2) is 4.98 Å². The molecule has 0 saturated heterocycles. The van der Waals surface area contributed by atoms with E-state index in [-0.39, 0.29) is 5.91 Å². The van der Waals surface area contributed by atoms with Gasteiger partial charge in [-0.1, -0.05) is 42.5 Å². The Morgan fingerprint density at radius 2 is 1.80 bits per heavy atom. The Hall–Kier alpha value is -3.60. The summed E-state index contributed by atoms with van der Waals surface area (Å²) in [4.78, 5) is 16.9. The first-order valence-corrected chi connectivity index (χ1v) is 12.7. The Labute approximate surface area is 207 Å². The van der Waals surface area contributed by atoms with Crippen molar-refractivity contribution >= 4 is 16.9 Å². The summed E-state index contributed by atoms with van der Waals surface area (Å²) in [6.07, 6.45) is 5.66. The number of nitrogens with zero attached hydrogens (tertiary/aromatic N) is 2. The van der Waals surface area contributed by atoms with Crippen molar-refractivity contribution in [3.05, 3.63) is 77.9 Å². The van der Waals surface area contributed by atoms with Crippen LogP contribution in [0.15, 0.2) is 66.7 Å². The normalized spacial score (nSPS) is 13.2. The number of unbranched alkanes of at least 4 members (excludes halogenated alkanes) is 2. The molecule has 0 unspecified atom stereocenters. The quantitative estimate of drug-likeness (QED) is 0.270. The standard InChI is InChI=1S/C30H33N3O2/c1-21-15-18-25(20-22(21)2)33-26-12-9-13-27(29(26)32-30(33)23-10-5-3-6-11-23)35-19-8-4-7-14-28(34)31-24-16-17-24/h3,5-6,9-13,15,18,20,24H,4,7-8,14,16-17,19H2,1-2H3,(H,31,34). The Bertz CT molecular complexity index is 1320. The van der Waals surface area contributed by atoms with Gasteiger partial charge in [0, 0.05) is 23.7 Å². The largest absolute Gasteiger partial charge is 0.491 e. The highest BCUT2D eigenvalue weighted by atomic mass is 16.5. The van der Waals surface area contributed by atoms with E-state index in [9.17, 15) is 4.79 Å². The van der Waals surface area contributed by atoms with E-state index in [0.29, 0.717) is 19.1 Å². The maximum atomic E-state index is 11.8. The van der Waals surface area contributed by atoms with E-state index in [0.717, 1.165) is 66.0 Å². The first kappa shape index (κ1) is 23.2. The van der Waals surface area contributed by atoms with Crippen LogP contribution in [0.25, 0.3) is 28.1 Å².